The van der Waals surface area contributed by atoms with Crippen LogP contribution in [0.15, 0.2) is 24.3 Å². The Bertz CT molecular complexity index is 273. The van der Waals surface area contributed by atoms with Gasteiger partial charge in [-0.1, -0.05) is 45.8 Å². The monoisotopic (exact) mass is 272 g/mol. The molecule has 0 aliphatic carbocycles. The summed E-state index contributed by atoms with van der Waals surface area (Å²) in [7, 11) is 0. The summed E-state index contributed by atoms with van der Waals surface area (Å²) in [6, 6.07) is 8.84. The molecule has 0 radical (unpaired) electrons. The first-order valence-electron chi connectivity index (χ1n) is 4.89. The third kappa shape index (κ3) is 3.66. The van der Waals surface area contributed by atoms with Gasteiger partial charge < -0.3 is 0 Å². The second-order valence-electron chi connectivity index (χ2n) is 3.55. The van der Waals surface area contributed by atoms with E-state index in [2.05, 4.69) is 53.4 Å². The molecule has 1 rings (SSSR count). The zero-order chi connectivity index (χ0) is 10.4. The lowest BCUT2D eigenvalue weighted by molar-refractivity contribution is 0.756. The Morgan fingerprint density at radius 3 is 2.79 bits per heavy atom. The minimum absolute atomic E-state index is 0.669. The number of aryl methyl sites for hydroxylation is 1. The van der Waals surface area contributed by atoms with Crippen molar-refractivity contribution in [2.24, 2.45) is 0 Å². The van der Waals surface area contributed by atoms with Crippen LogP contribution >= 0.6 is 27.7 Å². The lowest BCUT2D eigenvalue weighted by Crippen LogP contribution is -2.01. The fourth-order valence-electron chi connectivity index (χ4n) is 1.52. The summed E-state index contributed by atoms with van der Waals surface area (Å²) in [6.45, 7) is 2.16. The molecule has 0 N–H and O–H groups in total. The van der Waals surface area contributed by atoms with Crippen molar-refractivity contribution in [1.29, 1.82) is 0 Å². The lowest BCUT2D eigenvalue weighted by atomic mass is 9.97. The molecule has 0 saturated carbocycles. The number of halogens is 1. The summed E-state index contributed by atoms with van der Waals surface area (Å²) in [5.41, 5.74) is 2.83. The van der Waals surface area contributed by atoms with Gasteiger partial charge in [0.2, 0.25) is 0 Å². The molecule has 0 aliphatic rings. The van der Waals surface area contributed by atoms with E-state index < -0.39 is 0 Å². The smallest absolute Gasteiger partial charge is 0.0100 e. The van der Waals surface area contributed by atoms with E-state index in [9.17, 15) is 0 Å². The average molecular weight is 273 g/mol. The van der Waals surface area contributed by atoms with Crippen LogP contribution in [0.25, 0.3) is 0 Å². The number of benzene rings is 1. The number of hydrogen-bond acceptors (Lipinski definition) is 1. The van der Waals surface area contributed by atoms with Gasteiger partial charge in [-0.05, 0) is 36.8 Å². The van der Waals surface area contributed by atoms with E-state index in [0.29, 0.717) is 5.92 Å². The minimum Gasteiger partial charge on any atom is -0.165 e. The van der Waals surface area contributed by atoms with Crippen LogP contribution < -0.4 is 0 Å². The van der Waals surface area contributed by atoms with Gasteiger partial charge in [-0.3, -0.25) is 0 Å². The van der Waals surface area contributed by atoms with Crippen molar-refractivity contribution in [3.8, 4) is 0 Å². The highest BCUT2D eigenvalue weighted by atomic mass is 79.9. The van der Waals surface area contributed by atoms with Gasteiger partial charge in [0.25, 0.3) is 0 Å². The van der Waals surface area contributed by atoms with Crippen molar-refractivity contribution in [3.05, 3.63) is 35.4 Å². The summed E-state index contributed by atoms with van der Waals surface area (Å²) in [5.74, 6) is 1.91. The van der Waals surface area contributed by atoms with Crippen LogP contribution in [0.1, 0.15) is 23.5 Å². The molecule has 0 amide bonds. The second-order valence-corrected chi connectivity index (χ2v) is 5.18. The highest BCUT2D eigenvalue weighted by Gasteiger charge is 2.09. The van der Waals surface area contributed by atoms with E-state index in [-0.39, 0.29) is 0 Å². The van der Waals surface area contributed by atoms with Gasteiger partial charge in [-0.25, -0.2) is 0 Å². The summed E-state index contributed by atoms with van der Waals surface area (Å²) in [6.07, 6.45) is 3.43. The molecule has 0 saturated heterocycles. The zero-order valence-electron chi connectivity index (χ0n) is 8.79. The van der Waals surface area contributed by atoms with E-state index in [1.165, 1.54) is 23.3 Å². The standard InChI is InChI=1S/C12H17BrS/c1-10-4-3-5-11(8-10)12(9-13)6-7-14-2/h3-5,8,12H,6-7,9H2,1-2H3. The average Bonchev–Trinajstić information content (AvgIpc) is 2.19. The Kier molecular flexibility index (Phi) is 5.64. The van der Waals surface area contributed by atoms with Crippen LogP contribution in [0.5, 0.6) is 0 Å². The number of thioether (sulfide) groups is 1. The summed E-state index contributed by atoms with van der Waals surface area (Å²) in [4.78, 5) is 0. The first-order valence-corrected chi connectivity index (χ1v) is 7.41. The molecule has 0 bridgehead atoms. The predicted molar refractivity (Wildman–Crippen MR) is 70.7 cm³/mol. The van der Waals surface area contributed by atoms with Crippen molar-refractivity contribution < 1.29 is 0 Å². The minimum atomic E-state index is 0.669. The topological polar surface area (TPSA) is 0 Å². The molecule has 0 fully saturated rings. The van der Waals surface area contributed by atoms with E-state index >= 15 is 0 Å². The quantitative estimate of drug-likeness (QED) is 0.723. The van der Waals surface area contributed by atoms with Gasteiger partial charge in [0, 0.05) is 5.33 Å². The fraction of sp³-hybridized carbons (Fsp3) is 0.500. The molecule has 0 aromatic heterocycles. The molecule has 0 aliphatic heterocycles. The molecule has 0 heterocycles. The largest absolute Gasteiger partial charge is 0.165 e. The first-order chi connectivity index (χ1) is 6.77. The third-order valence-corrected chi connectivity index (χ3v) is 3.80. The van der Waals surface area contributed by atoms with Gasteiger partial charge in [-0.15, -0.1) is 0 Å². The van der Waals surface area contributed by atoms with Crippen LogP contribution in [0.3, 0.4) is 0 Å². The Balaban J connectivity index is 2.68. The van der Waals surface area contributed by atoms with E-state index in [1.807, 2.05) is 11.8 Å². The molecule has 0 spiro atoms. The Hall–Kier alpha value is 0.0500. The Morgan fingerprint density at radius 1 is 1.43 bits per heavy atom. The van der Waals surface area contributed by atoms with Gasteiger partial charge >= 0.3 is 0 Å². The maximum absolute atomic E-state index is 3.60. The molecule has 14 heavy (non-hydrogen) atoms. The molecule has 1 aromatic rings. The zero-order valence-corrected chi connectivity index (χ0v) is 11.2. The normalized spacial score (nSPS) is 12.8. The van der Waals surface area contributed by atoms with Gasteiger partial charge in [0.1, 0.15) is 0 Å². The number of rotatable bonds is 5. The maximum Gasteiger partial charge on any atom is 0.0100 e. The molecular weight excluding hydrogens is 256 g/mol. The fourth-order valence-corrected chi connectivity index (χ4v) is 2.73. The van der Waals surface area contributed by atoms with Gasteiger partial charge in [-0.2, -0.15) is 11.8 Å². The lowest BCUT2D eigenvalue weighted by Gasteiger charge is -2.14. The second kappa shape index (κ2) is 6.52. The highest BCUT2D eigenvalue weighted by Crippen LogP contribution is 2.24. The number of alkyl halides is 1. The number of hydrogen-bond donors (Lipinski definition) is 0. The van der Waals surface area contributed by atoms with Crippen molar-refractivity contribution in [3.63, 3.8) is 0 Å². The molecule has 78 valence electrons. The summed E-state index contributed by atoms with van der Waals surface area (Å²) < 4.78 is 0. The van der Waals surface area contributed by atoms with Crippen LogP contribution in [-0.2, 0) is 0 Å². The molecular formula is C12H17BrS. The van der Waals surface area contributed by atoms with E-state index in [1.54, 1.807) is 0 Å². The van der Waals surface area contributed by atoms with E-state index in [4.69, 9.17) is 0 Å². The SMILES string of the molecule is CSCCC(CBr)c1cccc(C)c1. The highest BCUT2D eigenvalue weighted by molar-refractivity contribution is 9.09. The van der Waals surface area contributed by atoms with Gasteiger partial charge in [0.05, 0.1) is 0 Å². The maximum atomic E-state index is 3.60. The van der Waals surface area contributed by atoms with Crippen LogP contribution in [0.4, 0.5) is 0 Å². The molecule has 1 aromatic carbocycles. The van der Waals surface area contributed by atoms with Crippen LogP contribution in [0.2, 0.25) is 0 Å². The molecule has 1 unspecified atom stereocenters. The molecule has 0 nitrogen and oxygen atoms in total. The van der Waals surface area contributed by atoms with Gasteiger partial charge in [0.15, 0.2) is 0 Å². The first kappa shape index (κ1) is 12.1. The predicted octanol–water partition coefficient (Wildman–Crippen LogP) is 4.23. The van der Waals surface area contributed by atoms with Crippen LogP contribution in [0, 0.1) is 6.92 Å². The van der Waals surface area contributed by atoms with E-state index in [0.717, 1.165) is 5.33 Å². The van der Waals surface area contributed by atoms with Crippen molar-refractivity contribution in [2.45, 2.75) is 19.3 Å². The van der Waals surface area contributed by atoms with Crippen molar-refractivity contribution >= 4 is 27.7 Å². The summed E-state index contributed by atoms with van der Waals surface area (Å²) >= 11 is 5.52. The Labute approximate surface area is 99.6 Å². The van der Waals surface area contributed by atoms with Crippen molar-refractivity contribution in [2.75, 3.05) is 17.3 Å². The third-order valence-electron chi connectivity index (χ3n) is 2.37. The summed E-state index contributed by atoms with van der Waals surface area (Å²) in [5, 5.41) is 1.07. The molecule has 2 heteroatoms. The van der Waals surface area contributed by atoms with Crippen LogP contribution in [-0.4, -0.2) is 17.3 Å². The van der Waals surface area contributed by atoms with Crippen molar-refractivity contribution in [1.82, 2.24) is 0 Å². The molecule has 1 atom stereocenters. The Morgan fingerprint density at radius 2 is 2.21 bits per heavy atom.